The van der Waals surface area contributed by atoms with Crippen molar-refractivity contribution in [3.05, 3.63) is 21.5 Å². The molecular weight excluding hydrogens is 314 g/mol. The molecule has 0 amide bonds. The average molecular weight is 324 g/mol. The zero-order chi connectivity index (χ0) is 11.4. The van der Waals surface area contributed by atoms with Crippen molar-refractivity contribution in [2.24, 2.45) is 0 Å². The smallest absolute Gasteiger partial charge is 0.325 e. The lowest BCUT2D eigenvalue weighted by atomic mass is 10.2. The Morgan fingerprint density at radius 2 is 2.33 bits per heavy atom. The molecule has 4 nitrogen and oxygen atoms in total. The summed E-state index contributed by atoms with van der Waals surface area (Å²) >= 11 is 1.84. The molecule has 1 aromatic carbocycles. The van der Waals surface area contributed by atoms with Crippen molar-refractivity contribution in [3.8, 4) is 0 Å². The summed E-state index contributed by atoms with van der Waals surface area (Å²) in [6, 6.07) is 2.75. The number of halogens is 2. The monoisotopic (exact) mass is 324 g/mol. The van der Waals surface area contributed by atoms with Crippen LogP contribution in [0.2, 0.25) is 0 Å². The fraction of sp³-hybridized carbons (Fsp3) is 0.222. The number of nitrogens with two attached hydrogens (primary N) is 1. The van der Waals surface area contributed by atoms with Gasteiger partial charge in [-0.1, -0.05) is 0 Å². The van der Waals surface area contributed by atoms with Crippen LogP contribution in [-0.2, 0) is 9.53 Å². The van der Waals surface area contributed by atoms with E-state index < -0.39 is 5.97 Å². The number of anilines is 2. The zero-order valence-corrected chi connectivity index (χ0v) is 10.2. The number of nitrogens with one attached hydrogen (secondary N) is 1. The maximum atomic E-state index is 13.1. The van der Waals surface area contributed by atoms with Crippen LogP contribution in [0.15, 0.2) is 12.1 Å². The molecule has 15 heavy (non-hydrogen) atoms. The molecule has 0 radical (unpaired) electrons. The maximum Gasteiger partial charge on any atom is 0.325 e. The molecule has 0 saturated heterocycles. The first-order chi connectivity index (χ1) is 7.04. The minimum absolute atomic E-state index is 0.0409. The molecule has 1 rings (SSSR count). The topological polar surface area (TPSA) is 64.3 Å². The van der Waals surface area contributed by atoms with Crippen LogP contribution in [-0.4, -0.2) is 19.6 Å². The lowest BCUT2D eigenvalue weighted by Crippen LogP contribution is -2.16. The molecule has 1 aromatic rings. The van der Waals surface area contributed by atoms with Crippen LogP contribution in [0, 0.1) is 9.39 Å². The van der Waals surface area contributed by atoms with Crippen LogP contribution in [0.5, 0.6) is 0 Å². The summed E-state index contributed by atoms with van der Waals surface area (Å²) in [6.07, 6.45) is 0. The fourth-order valence-electron chi connectivity index (χ4n) is 0.955. The SMILES string of the molecule is COC(=O)CNc1cc(F)c(I)cc1N. The lowest BCUT2D eigenvalue weighted by molar-refractivity contribution is -0.138. The number of esters is 1. The van der Waals surface area contributed by atoms with Gasteiger partial charge in [0.1, 0.15) is 12.4 Å². The fourth-order valence-corrected chi connectivity index (χ4v) is 1.45. The van der Waals surface area contributed by atoms with Gasteiger partial charge in [0.2, 0.25) is 0 Å². The molecule has 0 unspecified atom stereocenters. The number of hydrogen-bond donors (Lipinski definition) is 2. The normalized spacial score (nSPS) is 9.80. The Morgan fingerprint density at radius 3 is 2.93 bits per heavy atom. The first kappa shape index (κ1) is 12.0. The molecule has 0 aliphatic rings. The van der Waals surface area contributed by atoms with Crippen LogP contribution < -0.4 is 11.1 Å². The molecule has 0 bridgehead atoms. The molecule has 6 heteroatoms. The molecular formula is C9H10FIN2O2. The summed E-state index contributed by atoms with van der Waals surface area (Å²) < 4.78 is 18.0. The van der Waals surface area contributed by atoms with E-state index in [4.69, 9.17) is 5.73 Å². The highest BCUT2D eigenvalue weighted by molar-refractivity contribution is 14.1. The minimum atomic E-state index is -0.437. The Morgan fingerprint density at radius 1 is 1.67 bits per heavy atom. The standard InChI is InChI=1S/C9H10FIN2O2/c1-15-9(14)4-13-8-2-5(10)6(11)3-7(8)12/h2-3,13H,4,12H2,1H3. The number of carbonyl (C=O) groups excluding carboxylic acids is 1. The van der Waals surface area contributed by atoms with Crippen LogP contribution in [0.1, 0.15) is 0 Å². The van der Waals surface area contributed by atoms with Gasteiger partial charge in [-0.05, 0) is 28.7 Å². The predicted octanol–water partition coefficient (Wildman–Crippen LogP) is 1.60. The number of rotatable bonds is 3. The predicted molar refractivity (Wildman–Crippen MR) is 64.0 cm³/mol. The van der Waals surface area contributed by atoms with Crippen molar-refractivity contribution in [2.75, 3.05) is 24.7 Å². The van der Waals surface area contributed by atoms with Gasteiger partial charge in [-0.2, -0.15) is 0 Å². The maximum absolute atomic E-state index is 13.1. The third-order valence-corrected chi connectivity index (χ3v) is 2.57. The van der Waals surface area contributed by atoms with Gasteiger partial charge in [0.15, 0.2) is 0 Å². The Kier molecular flexibility index (Phi) is 4.13. The lowest BCUT2D eigenvalue weighted by Gasteiger charge is -2.09. The van der Waals surface area contributed by atoms with Crippen molar-refractivity contribution in [1.29, 1.82) is 0 Å². The van der Waals surface area contributed by atoms with Gasteiger partial charge in [0.05, 0.1) is 22.1 Å². The summed E-state index contributed by atoms with van der Waals surface area (Å²) in [5.74, 6) is -0.814. The number of nitrogen functional groups attached to an aromatic ring is 1. The zero-order valence-electron chi connectivity index (χ0n) is 8.01. The van der Waals surface area contributed by atoms with Gasteiger partial charge < -0.3 is 15.8 Å². The largest absolute Gasteiger partial charge is 0.468 e. The van der Waals surface area contributed by atoms with Crippen LogP contribution in [0.3, 0.4) is 0 Å². The van der Waals surface area contributed by atoms with E-state index in [1.807, 2.05) is 22.6 Å². The van der Waals surface area contributed by atoms with Crippen molar-refractivity contribution >= 4 is 39.9 Å². The Labute approximate surface area is 100 Å². The van der Waals surface area contributed by atoms with Crippen molar-refractivity contribution in [2.45, 2.75) is 0 Å². The second-order valence-electron chi connectivity index (χ2n) is 2.78. The van der Waals surface area contributed by atoms with Crippen LogP contribution >= 0.6 is 22.6 Å². The molecule has 3 N–H and O–H groups in total. The van der Waals surface area contributed by atoms with E-state index >= 15 is 0 Å². The Hall–Kier alpha value is -1.05. The quantitative estimate of drug-likeness (QED) is 0.504. The number of hydrogen-bond acceptors (Lipinski definition) is 4. The summed E-state index contributed by atoms with van der Waals surface area (Å²) in [4.78, 5) is 10.8. The molecule has 0 heterocycles. The van der Waals surface area contributed by atoms with E-state index in [1.165, 1.54) is 19.2 Å². The first-order valence-corrected chi connectivity index (χ1v) is 5.17. The molecule has 0 aliphatic carbocycles. The molecule has 0 spiro atoms. The molecule has 0 fully saturated rings. The minimum Gasteiger partial charge on any atom is -0.468 e. The van der Waals surface area contributed by atoms with Gasteiger partial charge in [-0.15, -0.1) is 0 Å². The van der Waals surface area contributed by atoms with Crippen molar-refractivity contribution in [3.63, 3.8) is 0 Å². The highest BCUT2D eigenvalue weighted by atomic mass is 127. The third kappa shape index (κ3) is 3.22. The Balaban J connectivity index is 2.77. The molecule has 0 saturated carbocycles. The van der Waals surface area contributed by atoms with Crippen molar-refractivity contribution < 1.29 is 13.9 Å². The highest BCUT2D eigenvalue weighted by Crippen LogP contribution is 2.23. The van der Waals surface area contributed by atoms with Gasteiger partial charge in [-0.3, -0.25) is 4.79 Å². The van der Waals surface area contributed by atoms with Gasteiger partial charge in [-0.25, -0.2) is 4.39 Å². The molecule has 0 aliphatic heterocycles. The van der Waals surface area contributed by atoms with E-state index in [2.05, 4.69) is 10.1 Å². The second kappa shape index (κ2) is 5.15. The first-order valence-electron chi connectivity index (χ1n) is 4.09. The number of methoxy groups -OCH3 is 1. The number of ether oxygens (including phenoxy) is 1. The summed E-state index contributed by atoms with van der Waals surface area (Å²) in [5.41, 5.74) is 6.41. The van der Waals surface area contributed by atoms with Gasteiger partial charge >= 0.3 is 5.97 Å². The average Bonchev–Trinajstić information content (AvgIpc) is 2.21. The van der Waals surface area contributed by atoms with Crippen LogP contribution in [0.25, 0.3) is 0 Å². The summed E-state index contributed by atoms with van der Waals surface area (Å²) in [7, 11) is 1.28. The Bertz CT molecular complexity index is 385. The molecule has 82 valence electrons. The number of carbonyl (C=O) groups is 1. The van der Waals surface area contributed by atoms with Gasteiger partial charge in [0, 0.05) is 6.07 Å². The summed E-state index contributed by atoms with van der Waals surface area (Å²) in [5, 5.41) is 2.69. The highest BCUT2D eigenvalue weighted by Gasteiger charge is 2.07. The number of benzene rings is 1. The van der Waals surface area contributed by atoms with Gasteiger partial charge in [0.25, 0.3) is 0 Å². The van der Waals surface area contributed by atoms with Crippen molar-refractivity contribution in [1.82, 2.24) is 0 Å². The van der Waals surface area contributed by atoms with E-state index in [1.54, 1.807) is 0 Å². The molecule has 0 aromatic heterocycles. The third-order valence-electron chi connectivity index (χ3n) is 1.74. The second-order valence-corrected chi connectivity index (χ2v) is 3.95. The van der Waals surface area contributed by atoms with E-state index in [9.17, 15) is 9.18 Å². The summed E-state index contributed by atoms with van der Waals surface area (Å²) in [6.45, 7) is -0.0409. The molecule has 0 atom stereocenters. The van der Waals surface area contributed by atoms with E-state index in [0.29, 0.717) is 14.9 Å². The van der Waals surface area contributed by atoms with E-state index in [-0.39, 0.29) is 12.4 Å². The van der Waals surface area contributed by atoms with Crippen LogP contribution in [0.4, 0.5) is 15.8 Å². The van der Waals surface area contributed by atoms with E-state index in [0.717, 1.165) is 0 Å².